The van der Waals surface area contributed by atoms with Gasteiger partial charge in [-0.25, -0.2) is 4.79 Å². The lowest BCUT2D eigenvalue weighted by Crippen LogP contribution is -2.09. The number of nitrogens with one attached hydrogen (secondary N) is 1. The van der Waals surface area contributed by atoms with Crippen molar-refractivity contribution in [2.75, 3.05) is 5.32 Å². The van der Waals surface area contributed by atoms with Gasteiger partial charge in [-0.3, -0.25) is 0 Å². The van der Waals surface area contributed by atoms with Gasteiger partial charge in [0.15, 0.2) is 0 Å². The minimum absolute atomic E-state index is 0.302. The molecule has 2 heterocycles. The van der Waals surface area contributed by atoms with Crippen LogP contribution in [-0.2, 0) is 11.2 Å². The van der Waals surface area contributed by atoms with Crippen molar-refractivity contribution in [3.8, 4) is 0 Å². The van der Waals surface area contributed by atoms with Gasteiger partial charge < -0.3 is 10.1 Å². The van der Waals surface area contributed by atoms with Gasteiger partial charge in [-0.15, -0.1) is 10.2 Å². The van der Waals surface area contributed by atoms with Gasteiger partial charge in [-0.1, -0.05) is 36.5 Å². The highest BCUT2D eigenvalue weighted by molar-refractivity contribution is 7.15. The van der Waals surface area contributed by atoms with E-state index >= 15 is 0 Å². The number of carbonyl (C=O) groups is 1. The summed E-state index contributed by atoms with van der Waals surface area (Å²) < 4.78 is 5.27. The standard InChI is InChI=1S/C12H11N3O2S/c1-2-9-14-15-12(18-9)13-10-7-5-3-4-6-8(7)11(16)17-10/h3-6,10H,2H2,1H3,(H,13,15)/t10-/m0/s1. The Morgan fingerprint density at radius 2 is 2.22 bits per heavy atom. The molecular formula is C12H11N3O2S. The zero-order chi connectivity index (χ0) is 12.5. The lowest BCUT2D eigenvalue weighted by Gasteiger charge is -2.10. The molecule has 1 aliphatic heterocycles. The number of ether oxygens (including phenoxy) is 1. The number of rotatable bonds is 3. The van der Waals surface area contributed by atoms with E-state index in [0.717, 1.165) is 17.0 Å². The van der Waals surface area contributed by atoms with Crippen molar-refractivity contribution in [1.29, 1.82) is 0 Å². The molecular weight excluding hydrogens is 250 g/mol. The first kappa shape index (κ1) is 11.2. The number of esters is 1. The normalized spacial score (nSPS) is 17.4. The van der Waals surface area contributed by atoms with Crippen LogP contribution in [-0.4, -0.2) is 16.2 Å². The van der Waals surface area contributed by atoms with E-state index in [9.17, 15) is 4.79 Å². The van der Waals surface area contributed by atoms with Crippen molar-refractivity contribution in [2.45, 2.75) is 19.6 Å². The molecule has 0 fully saturated rings. The smallest absolute Gasteiger partial charge is 0.340 e. The average molecular weight is 261 g/mol. The van der Waals surface area contributed by atoms with Crippen LogP contribution in [0.5, 0.6) is 0 Å². The number of anilines is 1. The molecule has 2 aromatic rings. The van der Waals surface area contributed by atoms with Crippen LogP contribution in [0.25, 0.3) is 0 Å². The van der Waals surface area contributed by atoms with Crippen LogP contribution in [0.2, 0.25) is 0 Å². The van der Waals surface area contributed by atoms with Gasteiger partial charge in [-0.05, 0) is 12.5 Å². The predicted octanol–water partition coefficient (Wildman–Crippen LogP) is 2.38. The summed E-state index contributed by atoms with van der Waals surface area (Å²) in [4.78, 5) is 11.6. The summed E-state index contributed by atoms with van der Waals surface area (Å²) in [7, 11) is 0. The first-order valence-corrected chi connectivity index (χ1v) is 6.48. The number of nitrogens with zero attached hydrogens (tertiary/aromatic N) is 2. The molecule has 1 atom stereocenters. The summed E-state index contributed by atoms with van der Waals surface area (Å²) in [6.07, 6.45) is 0.381. The Bertz CT molecular complexity index is 597. The zero-order valence-corrected chi connectivity index (χ0v) is 10.5. The molecule has 1 aromatic carbocycles. The minimum atomic E-state index is -0.466. The maximum atomic E-state index is 11.6. The van der Waals surface area contributed by atoms with Gasteiger partial charge >= 0.3 is 5.97 Å². The lowest BCUT2D eigenvalue weighted by molar-refractivity contribution is 0.0437. The maximum absolute atomic E-state index is 11.6. The van der Waals surface area contributed by atoms with Crippen molar-refractivity contribution in [1.82, 2.24) is 10.2 Å². The Hall–Kier alpha value is -1.95. The number of aryl methyl sites for hydroxylation is 1. The van der Waals surface area contributed by atoms with E-state index < -0.39 is 6.23 Å². The fraction of sp³-hybridized carbons (Fsp3) is 0.250. The van der Waals surface area contributed by atoms with Gasteiger partial charge in [0.25, 0.3) is 0 Å². The summed E-state index contributed by atoms with van der Waals surface area (Å²) in [6, 6.07) is 7.34. The number of cyclic esters (lactones) is 1. The van der Waals surface area contributed by atoms with Crippen LogP contribution in [0.3, 0.4) is 0 Å². The molecule has 0 radical (unpaired) electrons. The highest BCUT2D eigenvalue weighted by atomic mass is 32.1. The summed E-state index contributed by atoms with van der Waals surface area (Å²) in [5.74, 6) is -0.302. The maximum Gasteiger partial charge on any atom is 0.340 e. The van der Waals surface area contributed by atoms with Gasteiger partial charge in [0, 0.05) is 5.56 Å². The van der Waals surface area contributed by atoms with E-state index in [1.807, 2.05) is 25.1 Å². The van der Waals surface area contributed by atoms with E-state index in [2.05, 4.69) is 15.5 Å². The third-order valence-corrected chi connectivity index (χ3v) is 3.71. The van der Waals surface area contributed by atoms with Crippen LogP contribution >= 0.6 is 11.3 Å². The first-order valence-electron chi connectivity index (χ1n) is 5.66. The van der Waals surface area contributed by atoms with Crippen LogP contribution in [0.1, 0.15) is 34.1 Å². The lowest BCUT2D eigenvalue weighted by atomic mass is 10.1. The van der Waals surface area contributed by atoms with Crippen LogP contribution < -0.4 is 5.32 Å². The Balaban J connectivity index is 1.85. The van der Waals surface area contributed by atoms with Crippen molar-refractivity contribution in [3.63, 3.8) is 0 Å². The Morgan fingerprint density at radius 3 is 3.00 bits per heavy atom. The van der Waals surface area contributed by atoms with Crippen molar-refractivity contribution in [2.24, 2.45) is 0 Å². The molecule has 0 amide bonds. The second-order valence-electron chi connectivity index (χ2n) is 3.87. The molecule has 92 valence electrons. The fourth-order valence-electron chi connectivity index (χ4n) is 1.82. The molecule has 1 aromatic heterocycles. The number of hydrogen-bond acceptors (Lipinski definition) is 6. The topological polar surface area (TPSA) is 64.1 Å². The minimum Gasteiger partial charge on any atom is -0.434 e. The van der Waals surface area contributed by atoms with E-state index in [0.29, 0.717) is 10.7 Å². The number of benzene rings is 1. The predicted molar refractivity (Wildman–Crippen MR) is 67.5 cm³/mol. The van der Waals surface area contributed by atoms with E-state index in [-0.39, 0.29) is 5.97 Å². The van der Waals surface area contributed by atoms with Gasteiger partial charge in [0.1, 0.15) is 5.01 Å². The van der Waals surface area contributed by atoms with E-state index in [4.69, 9.17) is 4.74 Å². The van der Waals surface area contributed by atoms with Crippen molar-refractivity contribution < 1.29 is 9.53 Å². The molecule has 0 spiro atoms. The highest BCUT2D eigenvalue weighted by Gasteiger charge is 2.30. The molecule has 6 heteroatoms. The quantitative estimate of drug-likeness (QED) is 0.859. The largest absolute Gasteiger partial charge is 0.434 e. The second-order valence-corrected chi connectivity index (χ2v) is 4.93. The number of carbonyl (C=O) groups excluding carboxylic acids is 1. The molecule has 1 N–H and O–H groups in total. The Labute approximate surface area is 108 Å². The fourth-order valence-corrected chi connectivity index (χ4v) is 2.52. The number of fused-ring (bicyclic) bond motifs is 1. The Morgan fingerprint density at radius 1 is 1.39 bits per heavy atom. The number of aromatic nitrogens is 2. The molecule has 0 aliphatic carbocycles. The SMILES string of the molecule is CCc1nnc(N[C@H]2OC(=O)c3ccccc32)s1. The molecule has 18 heavy (non-hydrogen) atoms. The molecule has 5 nitrogen and oxygen atoms in total. The average Bonchev–Trinajstić information content (AvgIpc) is 2.97. The molecule has 1 aliphatic rings. The molecule has 0 saturated heterocycles. The summed E-state index contributed by atoms with van der Waals surface area (Å²) in [6.45, 7) is 2.02. The third-order valence-electron chi connectivity index (χ3n) is 2.71. The van der Waals surface area contributed by atoms with Gasteiger partial charge in [-0.2, -0.15) is 0 Å². The highest BCUT2D eigenvalue weighted by Crippen LogP contribution is 2.32. The van der Waals surface area contributed by atoms with Gasteiger partial charge in [0.2, 0.25) is 11.4 Å². The first-order chi connectivity index (χ1) is 8.78. The summed E-state index contributed by atoms with van der Waals surface area (Å²) in [5.41, 5.74) is 1.45. The zero-order valence-electron chi connectivity index (χ0n) is 9.71. The van der Waals surface area contributed by atoms with Crippen LogP contribution in [0, 0.1) is 0 Å². The molecule has 0 unspecified atom stereocenters. The van der Waals surface area contributed by atoms with Crippen LogP contribution in [0.15, 0.2) is 24.3 Å². The third kappa shape index (κ3) is 1.84. The monoisotopic (exact) mass is 261 g/mol. The van der Waals surface area contributed by atoms with E-state index in [1.165, 1.54) is 11.3 Å². The van der Waals surface area contributed by atoms with Crippen molar-refractivity contribution in [3.05, 3.63) is 40.4 Å². The summed E-state index contributed by atoms with van der Waals surface area (Å²) in [5, 5.41) is 12.7. The molecule has 0 saturated carbocycles. The molecule has 0 bridgehead atoms. The Kier molecular flexibility index (Phi) is 2.71. The second kappa shape index (κ2) is 4.38. The summed E-state index contributed by atoms with van der Waals surface area (Å²) >= 11 is 1.47. The number of hydrogen-bond donors (Lipinski definition) is 1. The van der Waals surface area contributed by atoms with Crippen molar-refractivity contribution >= 4 is 22.4 Å². The van der Waals surface area contributed by atoms with Crippen LogP contribution in [0.4, 0.5) is 5.13 Å². The molecule has 3 rings (SSSR count). The van der Waals surface area contributed by atoms with Gasteiger partial charge in [0.05, 0.1) is 5.56 Å². The van der Waals surface area contributed by atoms with E-state index in [1.54, 1.807) is 6.07 Å².